The van der Waals surface area contributed by atoms with Gasteiger partial charge in [-0.05, 0) is 55.0 Å². The van der Waals surface area contributed by atoms with Gasteiger partial charge in [0.1, 0.15) is 29.2 Å². The molecule has 0 unspecified atom stereocenters. The van der Waals surface area contributed by atoms with E-state index in [0.717, 1.165) is 48.3 Å². The minimum Gasteiger partial charge on any atom is -0.493 e. The second-order valence-electron chi connectivity index (χ2n) is 7.57. The molecular formula is C22H33Cl2NO3. The van der Waals surface area contributed by atoms with E-state index in [1.165, 1.54) is 0 Å². The number of rotatable bonds is 12. The molecule has 0 aliphatic carbocycles. The molecule has 1 aromatic carbocycles. The molecule has 6 heteroatoms. The summed E-state index contributed by atoms with van der Waals surface area (Å²) in [5.41, 5.74) is 2.32. The van der Waals surface area contributed by atoms with Gasteiger partial charge in [-0.25, -0.2) is 0 Å². The van der Waals surface area contributed by atoms with E-state index in [0.29, 0.717) is 19.8 Å². The van der Waals surface area contributed by atoms with Gasteiger partial charge in [0.05, 0.1) is 6.61 Å². The average Bonchev–Trinajstić information content (AvgIpc) is 2.62. The minimum absolute atomic E-state index is 0.0403. The van der Waals surface area contributed by atoms with Crippen LogP contribution in [0.5, 0.6) is 11.5 Å². The molecule has 4 nitrogen and oxygen atoms in total. The van der Waals surface area contributed by atoms with Crippen LogP contribution in [0.1, 0.15) is 58.6 Å². The third-order valence-corrected chi connectivity index (χ3v) is 4.17. The highest BCUT2D eigenvalue weighted by Gasteiger charge is 2.11. The molecule has 0 amide bonds. The highest BCUT2D eigenvalue weighted by Crippen LogP contribution is 2.31. The van der Waals surface area contributed by atoms with Crippen molar-refractivity contribution < 1.29 is 14.3 Å². The smallest absolute Gasteiger partial charge is 0.125 e. The van der Waals surface area contributed by atoms with Crippen LogP contribution in [0.3, 0.4) is 0 Å². The van der Waals surface area contributed by atoms with Crippen molar-refractivity contribution >= 4 is 29.4 Å². The zero-order chi connectivity index (χ0) is 21.0. The summed E-state index contributed by atoms with van der Waals surface area (Å²) in [7, 11) is 0. The molecule has 1 aromatic rings. The van der Waals surface area contributed by atoms with Crippen molar-refractivity contribution in [2.75, 3.05) is 19.8 Å². The number of benzene rings is 1. The van der Waals surface area contributed by atoms with Crippen LogP contribution in [0.2, 0.25) is 0 Å². The highest BCUT2D eigenvalue weighted by molar-refractivity contribution is 6.55. The first-order valence-corrected chi connectivity index (χ1v) is 10.6. The number of nitrogens with zero attached hydrogens (tertiary/aromatic N) is 1. The van der Waals surface area contributed by atoms with Gasteiger partial charge in [-0.15, -0.1) is 0 Å². The fourth-order valence-electron chi connectivity index (χ4n) is 2.41. The van der Waals surface area contributed by atoms with Crippen LogP contribution in [-0.2, 0) is 17.7 Å². The summed E-state index contributed by atoms with van der Waals surface area (Å²) in [5, 5.41) is 4.00. The maximum Gasteiger partial charge on any atom is 0.125 e. The molecule has 0 aromatic heterocycles. The van der Waals surface area contributed by atoms with Crippen molar-refractivity contribution in [3.8, 4) is 11.5 Å². The summed E-state index contributed by atoms with van der Waals surface area (Å²) in [4.78, 5) is 5.30. The van der Waals surface area contributed by atoms with Gasteiger partial charge in [0, 0.05) is 11.6 Å². The van der Waals surface area contributed by atoms with Crippen molar-refractivity contribution in [2.45, 2.75) is 60.3 Å². The zero-order valence-electron chi connectivity index (χ0n) is 17.7. The lowest BCUT2D eigenvalue weighted by atomic mass is 10.00. The molecule has 0 fully saturated rings. The van der Waals surface area contributed by atoms with Crippen LogP contribution in [0.15, 0.2) is 27.9 Å². The maximum absolute atomic E-state index is 6.10. The Morgan fingerprint density at radius 2 is 1.61 bits per heavy atom. The van der Waals surface area contributed by atoms with Crippen LogP contribution in [0.4, 0.5) is 0 Å². The van der Waals surface area contributed by atoms with Crippen LogP contribution in [0, 0.1) is 5.41 Å². The SMILES string of the molecule is CCc1cc(OCC=C(Cl)Cl)cc(CC)c1OCCCCON=CC(C)(C)C. The molecule has 0 atom stereocenters. The van der Waals surface area contributed by atoms with Gasteiger partial charge >= 0.3 is 0 Å². The van der Waals surface area contributed by atoms with E-state index in [2.05, 4.69) is 39.8 Å². The molecule has 0 saturated carbocycles. The van der Waals surface area contributed by atoms with Crippen molar-refractivity contribution in [1.29, 1.82) is 0 Å². The molecule has 28 heavy (non-hydrogen) atoms. The van der Waals surface area contributed by atoms with Gasteiger partial charge in [0.25, 0.3) is 0 Å². The molecule has 0 aliphatic rings. The number of hydrogen-bond donors (Lipinski definition) is 0. The summed E-state index contributed by atoms with van der Waals surface area (Å²) >= 11 is 11.3. The van der Waals surface area contributed by atoms with Crippen molar-refractivity contribution in [1.82, 2.24) is 0 Å². The highest BCUT2D eigenvalue weighted by atomic mass is 35.5. The van der Waals surface area contributed by atoms with E-state index in [4.69, 9.17) is 37.5 Å². The summed E-state index contributed by atoms with van der Waals surface area (Å²) in [6, 6.07) is 4.05. The lowest BCUT2D eigenvalue weighted by Crippen LogP contribution is -2.07. The number of aryl methyl sites for hydroxylation is 2. The quantitative estimate of drug-likeness (QED) is 0.210. The van der Waals surface area contributed by atoms with E-state index < -0.39 is 0 Å². The molecule has 1 rings (SSSR count). The summed E-state index contributed by atoms with van der Waals surface area (Å²) in [5.74, 6) is 1.77. The predicted molar refractivity (Wildman–Crippen MR) is 119 cm³/mol. The molecule has 158 valence electrons. The summed E-state index contributed by atoms with van der Waals surface area (Å²) in [6.07, 6.45) is 7.00. The standard InChI is InChI=1S/C22H33Cl2NO3/c1-6-17-14-19(26-13-10-20(23)24)15-18(7-2)21(17)27-11-8-9-12-28-25-16-22(3,4)5/h10,14-16H,6-9,11-13H2,1-5H3. The molecular weight excluding hydrogens is 397 g/mol. The van der Waals surface area contributed by atoms with Gasteiger partial charge in [-0.1, -0.05) is 63.0 Å². The number of halogens is 2. The van der Waals surface area contributed by atoms with Crippen LogP contribution >= 0.6 is 23.2 Å². The van der Waals surface area contributed by atoms with E-state index >= 15 is 0 Å². The third kappa shape index (κ3) is 10.2. The molecule has 0 spiro atoms. The van der Waals surface area contributed by atoms with E-state index in [9.17, 15) is 0 Å². The summed E-state index contributed by atoms with van der Waals surface area (Å²) < 4.78 is 12.0. The topological polar surface area (TPSA) is 40.0 Å². The van der Waals surface area contributed by atoms with Crippen LogP contribution in [0.25, 0.3) is 0 Å². The Morgan fingerprint density at radius 1 is 1.00 bits per heavy atom. The van der Waals surface area contributed by atoms with Crippen molar-refractivity contribution in [3.63, 3.8) is 0 Å². The maximum atomic E-state index is 6.10. The normalized spacial score (nSPS) is 11.5. The van der Waals surface area contributed by atoms with E-state index in [-0.39, 0.29) is 9.91 Å². The Morgan fingerprint density at radius 3 is 2.14 bits per heavy atom. The monoisotopic (exact) mass is 429 g/mol. The third-order valence-electron chi connectivity index (χ3n) is 3.86. The summed E-state index contributed by atoms with van der Waals surface area (Å²) in [6.45, 7) is 12.1. The number of hydrogen-bond acceptors (Lipinski definition) is 4. The largest absolute Gasteiger partial charge is 0.493 e. The first-order chi connectivity index (χ1) is 13.3. The lowest BCUT2D eigenvalue weighted by Gasteiger charge is -2.17. The van der Waals surface area contributed by atoms with E-state index in [1.54, 1.807) is 6.08 Å². The second kappa shape index (κ2) is 12.9. The molecule has 0 heterocycles. The minimum atomic E-state index is 0.0403. The number of unbranched alkanes of at least 4 members (excludes halogenated alkanes) is 1. The molecule has 0 aliphatic heterocycles. The van der Waals surface area contributed by atoms with Gasteiger partial charge in [0.15, 0.2) is 0 Å². The number of ether oxygens (including phenoxy) is 2. The zero-order valence-corrected chi connectivity index (χ0v) is 19.2. The average molecular weight is 430 g/mol. The first kappa shape index (κ1) is 24.6. The van der Waals surface area contributed by atoms with Crippen LogP contribution < -0.4 is 9.47 Å². The van der Waals surface area contributed by atoms with Crippen molar-refractivity contribution in [2.24, 2.45) is 10.6 Å². The molecule has 0 radical (unpaired) electrons. The Kier molecular flexibility index (Phi) is 11.4. The Hall–Kier alpha value is -1.39. The van der Waals surface area contributed by atoms with E-state index in [1.807, 2.05) is 18.3 Å². The van der Waals surface area contributed by atoms with Gasteiger partial charge in [0.2, 0.25) is 0 Å². The fourth-order valence-corrected chi connectivity index (χ4v) is 2.53. The van der Waals surface area contributed by atoms with Gasteiger partial charge < -0.3 is 14.3 Å². The Labute approximate surface area is 179 Å². The molecule has 0 saturated heterocycles. The van der Waals surface area contributed by atoms with Gasteiger partial charge in [-0.2, -0.15) is 0 Å². The Bertz CT molecular complexity index is 623. The second-order valence-corrected chi connectivity index (χ2v) is 8.58. The fraction of sp³-hybridized carbons (Fsp3) is 0.591. The number of oxime groups is 1. The molecule has 0 bridgehead atoms. The first-order valence-electron chi connectivity index (χ1n) is 9.85. The van der Waals surface area contributed by atoms with Gasteiger partial charge in [-0.3, -0.25) is 0 Å². The lowest BCUT2D eigenvalue weighted by molar-refractivity contribution is 0.134. The van der Waals surface area contributed by atoms with Crippen molar-refractivity contribution in [3.05, 3.63) is 33.8 Å². The predicted octanol–water partition coefficient (Wildman–Crippen LogP) is 6.72. The Balaban J connectivity index is 2.55. The molecule has 0 N–H and O–H groups in total. The van der Waals surface area contributed by atoms with Crippen LogP contribution in [-0.4, -0.2) is 26.0 Å².